The number of rotatable bonds is 23. The Kier molecular flexibility index (Phi) is 27.6. The van der Waals surface area contributed by atoms with Crippen molar-refractivity contribution >= 4 is 98.2 Å². The number of carbonyl (C=O) groups excluding carboxylic acids is 11. The topological polar surface area (TPSA) is 421 Å². The first-order valence-corrected chi connectivity index (χ1v) is 30.5. The van der Waals surface area contributed by atoms with Gasteiger partial charge in [0.25, 0.3) is 0 Å². The fourth-order valence-electron chi connectivity index (χ4n) is 8.73. The molecule has 4 aromatic carbocycles. The maximum Gasteiger partial charge on any atom is 0.248 e. The fourth-order valence-corrected chi connectivity index (χ4v) is 11.2. The van der Waals surface area contributed by atoms with Gasteiger partial charge in [0.05, 0.1) is 12.6 Å². The summed E-state index contributed by atoms with van der Waals surface area (Å²) in [5.41, 5.74) is 13.2. The highest BCUT2D eigenvalue weighted by molar-refractivity contribution is 8.76. The molecule has 0 aliphatic carbocycles. The molecule has 0 radical (unpaired) electrons. The molecule has 17 N–H and O–H groups in total. The molecule has 0 aromatic heterocycles. The van der Waals surface area contributed by atoms with Crippen molar-refractivity contribution in [3.8, 4) is 11.5 Å². The Balaban J connectivity index is 1.63. The van der Waals surface area contributed by atoms with Crippen molar-refractivity contribution in [2.75, 3.05) is 31.6 Å². The van der Waals surface area contributed by atoms with Gasteiger partial charge in [-0.1, -0.05) is 81.7 Å². The van der Waals surface area contributed by atoms with Crippen molar-refractivity contribution in [3.63, 3.8) is 0 Å². The van der Waals surface area contributed by atoms with Gasteiger partial charge in [0.15, 0.2) is 0 Å². The van der Waals surface area contributed by atoms with E-state index in [4.69, 9.17) is 23.1 Å². The van der Waals surface area contributed by atoms with E-state index in [0.717, 1.165) is 21.6 Å². The van der Waals surface area contributed by atoms with E-state index in [1.54, 1.807) is 31.3 Å². The molecule has 468 valence electrons. The smallest absolute Gasteiger partial charge is 0.248 e. The van der Waals surface area contributed by atoms with Gasteiger partial charge in [0.1, 0.15) is 59.8 Å². The summed E-state index contributed by atoms with van der Waals surface area (Å²) in [6.45, 7) is 2.37. The number of phenols is 2. The second-order valence-corrected chi connectivity index (χ2v) is 23.5. The van der Waals surface area contributed by atoms with Crippen LogP contribution in [-0.2, 0) is 73.6 Å². The van der Waals surface area contributed by atoms with Gasteiger partial charge in [-0.05, 0) is 111 Å². The number of nitrogens with one attached hydrogen (secondary N) is 10. The van der Waals surface area contributed by atoms with E-state index in [1.165, 1.54) is 86.6 Å². The summed E-state index contributed by atoms with van der Waals surface area (Å²) in [6, 6.07) is 11.1. The minimum absolute atomic E-state index is 0.0397. The molecule has 4 aromatic rings. The Morgan fingerprint density at radius 1 is 0.632 bits per heavy atom. The van der Waals surface area contributed by atoms with Crippen LogP contribution in [0.25, 0.3) is 0 Å². The third-order valence-corrected chi connectivity index (χ3v) is 16.2. The Morgan fingerprint density at radius 2 is 1.14 bits per heavy atom. The van der Waals surface area contributed by atoms with E-state index < -0.39 is 126 Å². The molecule has 2 unspecified atom stereocenters. The predicted octanol–water partition coefficient (Wildman–Crippen LogP) is -1.21. The van der Waals surface area contributed by atoms with Gasteiger partial charge in [-0.25, -0.2) is 0 Å². The van der Waals surface area contributed by atoms with E-state index in [1.807, 2.05) is 0 Å². The van der Waals surface area contributed by atoms with E-state index >= 15 is 0 Å². The summed E-state index contributed by atoms with van der Waals surface area (Å²) in [6.07, 6.45) is -1.75. The summed E-state index contributed by atoms with van der Waals surface area (Å²) in [5.74, 6) is -10.7. The number of phenolic OH excluding ortho intramolecular Hbond substituents is 2. The molecule has 1 aliphatic rings. The molecule has 87 heavy (non-hydrogen) atoms. The standard InChI is InChI=1S/C58H73ClN12O14S2/c1-31(72)49-58(85)70-47(56(83)66-42(51(61)78)24-35-11-19-39(74)20-12-35)30-87-86-29-46(69-53(80)43(64-48(76)28-63-32(2)73)25-34-9-17-38(59)18-10-34)57(84)68-45(27-36-13-21-40(75)22-14-36)55(82)67-44(26-33-7-15-37(16-8-33)50(60)77)54(81)65-41(52(79)71-49)6-4-5-23-62-3/h7-22,31,41-47,49,62,72,74-75H,4-6,23-30H2,1-3H3,(H2,60,77)(H2,61,78)(H,63,73)(H,64,76)(H,65,81)(H,66,83)(H,67,82)(H,68,84)(H,69,80)(H,70,85)(H,71,79)/t31?,41-,42+,43-,44+,45-,46+,47-,49?/m0/s1. The minimum Gasteiger partial charge on any atom is -0.508 e. The zero-order valence-corrected chi connectivity index (χ0v) is 50.3. The molecule has 1 fully saturated rings. The Hall–Kier alpha value is -8.44. The van der Waals surface area contributed by atoms with Crippen LogP contribution in [0.1, 0.15) is 65.7 Å². The van der Waals surface area contributed by atoms with Crippen LogP contribution in [0.15, 0.2) is 97.1 Å². The number of hydrogen-bond acceptors (Lipinski definition) is 17. The van der Waals surface area contributed by atoms with Crippen LogP contribution in [0.5, 0.6) is 11.5 Å². The number of benzene rings is 4. The van der Waals surface area contributed by atoms with Crippen LogP contribution in [0.2, 0.25) is 5.02 Å². The lowest BCUT2D eigenvalue weighted by Gasteiger charge is -2.29. The van der Waals surface area contributed by atoms with Crippen molar-refractivity contribution in [2.24, 2.45) is 11.5 Å². The van der Waals surface area contributed by atoms with Gasteiger partial charge in [-0.3, -0.25) is 52.7 Å². The van der Waals surface area contributed by atoms with E-state index in [9.17, 15) is 68.1 Å². The van der Waals surface area contributed by atoms with Crippen LogP contribution in [0.4, 0.5) is 0 Å². The number of carbonyl (C=O) groups is 11. The molecule has 5 rings (SSSR count). The SMILES string of the molecule is CNCCCC[C@@H]1NC(=O)[C@@H](Cc2ccc(C(N)=O)cc2)NC(=O)[C@H](Cc2ccc(O)cc2)NC(=O)[C@H](NC(=O)[C@H](Cc2ccc(Cl)cc2)NC(=O)CNC(C)=O)CSSC[C@@H](C(=O)N[C@H](Cc2ccc(O)cc2)C(N)=O)NC(=O)C(C(C)O)NC1=O. The number of aliphatic hydroxyl groups excluding tert-OH is 1. The third kappa shape index (κ3) is 23.4. The Morgan fingerprint density at radius 3 is 1.68 bits per heavy atom. The summed E-state index contributed by atoms with van der Waals surface area (Å²) in [4.78, 5) is 152. The lowest BCUT2D eigenvalue weighted by Crippen LogP contribution is -2.62. The van der Waals surface area contributed by atoms with Crippen LogP contribution < -0.4 is 64.6 Å². The van der Waals surface area contributed by atoms with E-state index in [0.29, 0.717) is 46.7 Å². The summed E-state index contributed by atoms with van der Waals surface area (Å²) < 4.78 is 0. The van der Waals surface area contributed by atoms with Crippen molar-refractivity contribution in [3.05, 3.63) is 130 Å². The average molecular weight is 1260 g/mol. The number of nitrogens with two attached hydrogens (primary N) is 2. The molecular weight excluding hydrogens is 1190 g/mol. The minimum atomic E-state index is -1.79. The van der Waals surface area contributed by atoms with Crippen LogP contribution in [0, 0.1) is 0 Å². The molecule has 0 bridgehead atoms. The quantitative estimate of drug-likeness (QED) is 0.0306. The van der Waals surface area contributed by atoms with Gasteiger partial charge >= 0.3 is 0 Å². The van der Waals surface area contributed by atoms with Crippen molar-refractivity contribution < 1.29 is 68.1 Å². The molecule has 26 nitrogen and oxygen atoms in total. The maximum absolute atomic E-state index is 15.0. The molecule has 11 amide bonds. The predicted molar refractivity (Wildman–Crippen MR) is 325 cm³/mol. The number of aliphatic hydroxyl groups is 1. The van der Waals surface area contributed by atoms with Gasteiger partial charge in [-0.2, -0.15) is 0 Å². The highest BCUT2D eigenvalue weighted by atomic mass is 35.5. The Bertz CT molecular complexity index is 3060. The second kappa shape index (κ2) is 34.6. The first kappa shape index (κ1) is 69.3. The zero-order chi connectivity index (χ0) is 63.7. The molecule has 0 saturated carbocycles. The normalized spacial score (nSPS) is 20.0. The molecule has 1 heterocycles. The summed E-state index contributed by atoms with van der Waals surface area (Å²) in [5, 5.41) is 57.8. The van der Waals surface area contributed by atoms with Crippen LogP contribution >= 0.6 is 33.2 Å². The number of amides is 11. The summed E-state index contributed by atoms with van der Waals surface area (Å²) >= 11 is 6.15. The average Bonchev–Trinajstić information content (AvgIpc) is 2.44. The largest absolute Gasteiger partial charge is 0.508 e. The number of hydrogen-bond donors (Lipinski definition) is 15. The number of unbranched alkanes of at least 4 members (excludes halogenated alkanes) is 1. The molecule has 1 saturated heterocycles. The van der Waals surface area contributed by atoms with Crippen molar-refractivity contribution in [1.82, 2.24) is 53.2 Å². The van der Waals surface area contributed by atoms with Gasteiger partial charge in [0.2, 0.25) is 65.0 Å². The van der Waals surface area contributed by atoms with Crippen molar-refractivity contribution in [1.29, 1.82) is 0 Å². The van der Waals surface area contributed by atoms with E-state index in [-0.39, 0.29) is 60.7 Å². The number of primary amides is 2. The van der Waals surface area contributed by atoms with Gasteiger partial charge in [0, 0.05) is 54.7 Å². The third-order valence-electron chi connectivity index (χ3n) is 13.5. The molecular formula is C58H73ClN12O14S2. The van der Waals surface area contributed by atoms with Crippen LogP contribution in [0.3, 0.4) is 0 Å². The maximum atomic E-state index is 15.0. The summed E-state index contributed by atoms with van der Waals surface area (Å²) in [7, 11) is 3.50. The lowest BCUT2D eigenvalue weighted by molar-refractivity contribution is -0.136. The zero-order valence-electron chi connectivity index (χ0n) is 47.9. The molecule has 9 atom stereocenters. The van der Waals surface area contributed by atoms with Crippen LogP contribution in [-0.4, -0.2) is 166 Å². The number of aromatic hydroxyl groups is 2. The molecule has 29 heteroatoms. The van der Waals surface area contributed by atoms with E-state index in [2.05, 4.69) is 53.2 Å². The first-order valence-electron chi connectivity index (χ1n) is 27.6. The second-order valence-electron chi connectivity index (χ2n) is 20.5. The first-order chi connectivity index (χ1) is 41.4. The van der Waals surface area contributed by atoms with Gasteiger partial charge in [-0.15, -0.1) is 0 Å². The lowest BCUT2D eigenvalue weighted by atomic mass is 10.00. The monoisotopic (exact) mass is 1260 g/mol. The highest BCUT2D eigenvalue weighted by Crippen LogP contribution is 2.25. The Labute approximate surface area is 514 Å². The molecule has 0 spiro atoms. The van der Waals surface area contributed by atoms with Crippen molar-refractivity contribution in [2.45, 2.75) is 113 Å². The highest BCUT2D eigenvalue weighted by Gasteiger charge is 2.37. The van der Waals surface area contributed by atoms with Gasteiger partial charge < -0.3 is 80.0 Å². The number of halogens is 1. The molecule has 1 aliphatic heterocycles. The fraction of sp³-hybridized carbons (Fsp3) is 0.397.